The molecule has 1 spiro atoms. The average Bonchev–Trinajstić information content (AvgIpc) is 3.44. The Bertz CT molecular complexity index is 1040. The highest BCUT2D eigenvalue weighted by molar-refractivity contribution is 9.10. The molecule has 1 saturated heterocycles. The third-order valence-corrected chi connectivity index (χ3v) is 7.94. The van der Waals surface area contributed by atoms with Gasteiger partial charge in [0.05, 0.1) is 6.04 Å². The Labute approximate surface area is 183 Å². The highest BCUT2D eigenvalue weighted by atomic mass is 79.9. The summed E-state index contributed by atoms with van der Waals surface area (Å²) in [5.74, 6) is -0.296. The van der Waals surface area contributed by atoms with Gasteiger partial charge in [0.15, 0.2) is 0 Å². The molecule has 1 saturated carbocycles. The van der Waals surface area contributed by atoms with E-state index in [1.807, 2.05) is 42.5 Å². The minimum absolute atomic E-state index is 0.00341. The van der Waals surface area contributed by atoms with E-state index in [0.717, 1.165) is 40.5 Å². The molecule has 1 aliphatic carbocycles. The molecule has 2 amide bonds. The quantitative estimate of drug-likeness (QED) is 0.647. The van der Waals surface area contributed by atoms with Crippen molar-refractivity contribution >= 4 is 45.0 Å². The van der Waals surface area contributed by atoms with Crippen molar-refractivity contribution in [2.24, 2.45) is 5.41 Å². The van der Waals surface area contributed by atoms with E-state index in [2.05, 4.69) is 33.5 Å². The van der Waals surface area contributed by atoms with Crippen LogP contribution in [0.5, 0.6) is 0 Å². The van der Waals surface area contributed by atoms with E-state index in [0.29, 0.717) is 5.02 Å². The monoisotopic (exact) mass is 472 g/mol. The maximum atomic E-state index is 13.8. The second kappa shape index (κ2) is 6.58. The summed E-state index contributed by atoms with van der Waals surface area (Å²) in [6.45, 7) is 2.16. The van der Waals surface area contributed by atoms with Gasteiger partial charge in [-0.25, -0.2) is 0 Å². The summed E-state index contributed by atoms with van der Waals surface area (Å²) in [6, 6.07) is 13.3. The predicted molar refractivity (Wildman–Crippen MR) is 117 cm³/mol. The third kappa shape index (κ3) is 2.70. The number of fused-ring (bicyclic) bond motifs is 2. The summed E-state index contributed by atoms with van der Waals surface area (Å²) in [7, 11) is 0. The molecular weight excluding hydrogens is 452 g/mol. The number of anilines is 1. The van der Waals surface area contributed by atoms with E-state index in [9.17, 15) is 9.59 Å². The minimum Gasteiger partial charge on any atom is -0.351 e. The normalized spacial score (nSPS) is 29.3. The summed E-state index contributed by atoms with van der Waals surface area (Å²) in [6.07, 6.45) is 3.25. The van der Waals surface area contributed by atoms with Crippen LogP contribution >= 0.6 is 27.5 Å². The van der Waals surface area contributed by atoms with E-state index < -0.39 is 5.41 Å². The van der Waals surface area contributed by atoms with Crippen LogP contribution in [0.25, 0.3) is 0 Å². The molecule has 3 atom stereocenters. The van der Waals surface area contributed by atoms with Crippen LogP contribution < -0.4 is 10.6 Å². The zero-order chi connectivity index (χ0) is 20.4. The molecule has 0 radical (unpaired) electrons. The van der Waals surface area contributed by atoms with Gasteiger partial charge in [0, 0.05) is 27.5 Å². The maximum absolute atomic E-state index is 13.8. The number of piperidine rings is 1. The number of carbonyl (C=O) groups is 2. The number of carbonyl (C=O) groups excluding carboxylic acids is 2. The molecule has 2 heterocycles. The molecule has 2 aromatic carbocycles. The molecule has 2 N–H and O–H groups in total. The molecule has 1 unspecified atom stereocenters. The van der Waals surface area contributed by atoms with Gasteiger partial charge in [-0.3, -0.25) is 9.59 Å². The number of hydrogen-bond acceptors (Lipinski definition) is 2. The van der Waals surface area contributed by atoms with Crippen molar-refractivity contribution in [1.29, 1.82) is 0 Å². The van der Waals surface area contributed by atoms with Gasteiger partial charge < -0.3 is 10.6 Å². The van der Waals surface area contributed by atoms with Crippen molar-refractivity contribution in [2.45, 2.75) is 50.0 Å². The van der Waals surface area contributed by atoms with Gasteiger partial charge in [-0.15, -0.1) is 0 Å². The van der Waals surface area contributed by atoms with Crippen molar-refractivity contribution < 1.29 is 9.59 Å². The molecule has 2 fully saturated rings. The molecule has 2 aromatic rings. The largest absolute Gasteiger partial charge is 0.351 e. The second-order valence-electron chi connectivity index (χ2n) is 8.54. The van der Waals surface area contributed by atoms with E-state index in [1.165, 1.54) is 0 Å². The fourth-order valence-corrected chi connectivity index (χ4v) is 6.15. The summed E-state index contributed by atoms with van der Waals surface area (Å²) in [5, 5.41) is 7.00. The fraction of sp³-hybridized carbons (Fsp3) is 0.391. The van der Waals surface area contributed by atoms with Crippen LogP contribution in [0.2, 0.25) is 5.02 Å². The lowest BCUT2D eigenvalue weighted by Crippen LogP contribution is -2.65. The molecule has 29 heavy (non-hydrogen) atoms. The van der Waals surface area contributed by atoms with Crippen molar-refractivity contribution in [3.8, 4) is 0 Å². The van der Waals surface area contributed by atoms with Crippen molar-refractivity contribution in [3.05, 3.63) is 63.1 Å². The van der Waals surface area contributed by atoms with Crippen LogP contribution in [0.15, 0.2) is 46.9 Å². The standard InChI is InChI=1S/C23H22BrClN2O2/c1-2-22(8-9-22)20-23(16-7-6-14(24)11-18(16)26-21(23)29)17(12-19(28)27-20)13-4-3-5-15(25)10-13/h3-7,10-11,17,20H,2,8-9,12H2,1H3,(H,26,29)(H,27,28)/t17-,20?,23-/m1/s1. The predicted octanol–water partition coefficient (Wildman–Crippen LogP) is 5.15. The minimum atomic E-state index is -0.846. The highest BCUT2D eigenvalue weighted by Crippen LogP contribution is 2.63. The van der Waals surface area contributed by atoms with Gasteiger partial charge in [0.25, 0.3) is 0 Å². The SMILES string of the molecule is CCC1(C2NC(=O)C[C@H](c3cccc(Cl)c3)[C@@]23C(=O)Nc2cc(Br)ccc23)CC1. The summed E-state index contributed by atoms with van der Waals surface area (Å²) in [4.78, 5) is 26.6. The Morgan fingerprint density at radius 2 is 1.97 bits per heavy atom. The molecule has 3 aliphatic rings. The van der Waals surface area contributed by atoms with Gasteiger partial charge in [0.2, 0.25) is 11.8 Å². The van der Waals surface area contributed by atoms with Crippen LogP contribution in [0, 0.1) is 5.41 Å². The lowest BCUT2D eigenvalue weighted by molar-refractivity contribution is -0.133. The van der Waals surface area contributed by atoms with Crippen LogP contribution in [-0.2, 0) is 15.0 Å². The van der Waals surface area contributed by atoms with Crippen molar-refractivity contribution in [3.63, 3.8) is 0 Å². The lowest BCUT2D eigenvalue weighted by Gasteiger charge is -2.49. The smallest absolute Gasteiger partial charge is 0.237 e. The van der Waals surface area contributed by atoms with E-state index >= 15 is 0 Å². The number of benzene rings is 2. The summed E-state index contributed by atoms with van der Waals surface area (Å²) >= 11 is 9.83. The first-order valence-corrected chi connectivity index (χ1v) is 11.2. The molecule has 0 bridgehead atoms. The van der Waals surface area contributed by atoms with E-state index in [-0.39, 0.29) is 35.6 Å². The number of hydrogen-bond donors (Lipinski definition) is 2. The number of halogens is 2. The van der Waals surface area contributed by atoms with Gasteiger partial charge >= 0.3 is 0 Å². The Morgan fingerprint density at radius 1 is 1.17 bits per heavy atom. The Hall–Kier alpha value is -1.85. The zero-order valence-corrected chi connectivity index (χ0v) is 18.4. The first kappa shape index (κ1) is 19.1. The van der Waals surface area contributed by atoms with Gasteiger partial charge in [0.1, 0.15) is 5.41 Å². The lowest BCUT2D eigenvalue weighted by atomic mass is 9.57. The van der Waals surface area contributed by atoms with E-state index in [4.69, 9.17) is 11.6 Å². The maximum Gasteiger partial charge on any atom is 0.237 e. The molecular formula is C23H22BrClN2O2. The van der Waals surface area contributed by atoms with Gasteiger partial charge in [-0.1, -0.05) is 52.7 Å². The summed E-state index contributed by atoms with van der Waals surface area (Å²) in [5.41, 5.74) is 1.85. The van der Waals surface area contributed by atoms with Crippen LogP contribution in [0.4, 0.5) is 5.69 Å². The Kier molecular flexibility index (Phi) is 4.34. The van der Waals surface area contributed by atoms with Crippen LogP contribution in [0.1, 0.15) is 49.7 Å². The fourth-order valence-electron chi connectivity index (χ4n) is 5.59. The summed E-state index contributed by atoms with van der Waals surface area (Å²) < 4.78 is 0.918. The third-order valence-electron chi connectivity index (χ3n) is 7.21. The number of amides is 2. The number of rotatable bonds is 3. The Morgan fingerprint density at radius 3 is 2.66 bits per heavy atom. The molecule has 0 aromatic heterocycles. The van der Waals surface area contributed by atoms with Crippen molar-refractivity contribution in [1.82, 2.24) is 5.32 Å². The number of nitrogens with one attached hydrogen (secondary N) is 2. The van der Waals surface area contributed by atoms with Gasteiger partial charge in [-0.05, 0) is 60.1 Å². The first-order valence-electron chi connectivity index (χ1n) is 10.1. The molecule has 6 heteroatoms. The zero-order valence-electron chi connectivity index (χ0n) is 16.1. The molecule has 4 nitrogen and oxygen atoms in total. The van der Waals surface area contributed by atoms with Gasteiger partial charge in [-0.2, -0.15) is 0 Å². The van der Waals surface area contributed by atoms with Crippen LogP contribution in [0.3, 0.4) is 0 Å². The van der Waals surface area contributed by atoms with Crippen LogP contribution in [-0.4, -0.2) is 17.9 Å². The second-order valence-corrected chi connectivity index (χ2v) is 9.89. The Balaban J connectivity index is 1.78. The van der Waals surface area contributed by atoms with E-state index in [1.54, 1.807) is 0 Å². The average molecular weight is 474 g/mol. The van der Waals surface area contributed by atoms with Crippen molar-refractivity contribution in [2.75, 3.05) is 5.32 Å². The highest BCUT2D eigenvalue weighted by Gasteiger charge is 2.67. The molecule has 2 aliphatic heterocycles. The first-order chi connectivity index (χ1) is 13.9. The topological polar surface area (TPSA) is 58.2 Å². The molecule has 5 rings (SSSR count). The molecule has 150 valence electrons.